The maximum absolute atomic E-state index is 9.31. The molecule has 0 aliphatic rings. The van der Waals surface area contributed by atoms with Gasteiger partial charge < -0.3 is 14.9 Å². The van der Waals surface area contributed by atoms with Gasteiger partial charge in [-0.25, -0.2) is 4.68 Å². The Morgan fingerprint density at radius 2 is 2.06 bits per heavy atom. The Morgan fingerprint density at radius 1 is 1.28 bits per heavy atom. The van der Waals surface area contributed by atoms with Gasteiger partial charge in [0.05, 0.1) is 32.6 Å². The first-order chi connectivity index (χ1) is 8.81. The molecule has 0 saturated heterocycles. The number of hydrogen-bond donors (Lipinski definition) is 2. The molecular formula is C12H15N3O3. The van der Waals surface area contributed by atoms with Gasteiger partial charge in [0.25, 0.3) is 0 Å². The zero-order valence-corrected chi connectivity index (χ0v) is 10.1. The largest absolute Gasteiger partial charge is 0.496 e. The second-order valence-corrected chi connectivity index (χ2v) is 3.69. The number of hydrogen-bond acceptors (Lipinski definition) is 5. The average molecular weight is 249 g/mol. The Labute approximate surface area is 104 Å². The molecule has 2 aromatic rings. The van der Waals surface area contributed by atoms with E-state index in [0.717, 1.165) is 5.56 Å². The van der Waals surface area contributed by atoms with Gasteiger partial charge in [-0.1, -0.05) is 17.3 Å². The monoisotopic (exact) mass is 249 g/mol. The first kappa shape index (κ1) is 12.5. The molecule has 96 valence electrons. The lowest BCUT2D eigenvalue weighted by Crippen LogP contribution is -2.07. The zero-order valence-electron chi connectivity index (χ0n) is 10.1. The van der Waals surface area contributed by atoms with Crippen molar-refractivity contribution in [1.29, 1.82) is 0 Å². The van der Waals surface area contributed by atoms with Gasteiger partial charge in [0, 0.05) is 5.56 Å². The first-order valence-electron chi connectivity index (χ1n) is 5.59. The fraction of sp³-hybridized carbons (Fsp3) is 0.333. The molecule has 0 bridgehead atoms. The molecule has 2 rings (SSSR count). The lowest BCUT2D eigenvalue weighted by Gasteiger charge is -2.10. The van der Waals surface area contributed by atoms with Crippen molar-refractivity contribution in [3.05, 3.63) is 30.0 Å². The van der Waals surface area contributed by atoms with Crippen LogP contribution in [0.4, 0.5) is 0 Å². The predicted octanol–water partition coefficient (Wildman–Crippen LogP) is 0.438. The minimum atomic E-state index is -0.210. The van der Waals surface area contributed by atoms with Crippen LogP contribution in [-0.2, 0) is 13.2 Å². The number of ether oxygens (including phenoxy) is 1. The minimum Gasteiger partial charge on any atom is -0.496 e. The molecule has 0 unspecified atom stereocenters. The van der Waals surface area contributed by atoms with Gasteiger partial charge in [-0.3, -0.25) is 0 Å². The lowest BCUT2D eigenvalue weighted by atomic mass is 10.1. The van der Waals surface area contributed by atoms with Crippen molar-refractivity contribution < 1.29 is 14.9 Å². The molecule has 0 atom stereocenters. The number of benzene rings is 1. The topological polar surface area (TPSA) is 80.4 Å². The summed E-state index contributed by atoms with van der Waals surface area (Å²) in [4.78, 5) is 0. The second kappa shape index (κ2) is 5.61. The Bertz CT molecular complexity index is 525. The summed E-state index contributed by atoms with van der Waals surface area (Å²) in [6.45, 7) is 0.0650. The number of methoxy groups -OCH3 is 1. The van der Waals surface area contributed by atoms with Crippen molar-refractivity contribution in [2.24, 2.45) is 0 Å². The highest BCUT2D eigenvalue weighted by molar-refractivity contribution is 5.69. The number of nitrogens with zero attached hydrogens (tertiary/aromatic N) is 3. The smallest absolute Gasteiger partial charge is 0.128 e. The van der Waals surface area contributed by atoms with Crippen molar-refractivity contribution in [3.63, 3.8) is 0 Å². The molecule has 6 nitrogen and oxygen atoms in total. The molecule has 1 aromatic carbocycles. The van der Waals surface area contributed by atoms with Crippen LogP contribution < -0.4 is 4.74 Å². The fourth-order valence-corrected chi connectivity index (χ4v) is 1.84. The zero-order chi connectivity index (χ0) is 13.0. The van der Waals surface area contributed by atoms with Crippen LogP contribution >= 0.6 is 0 Å². The summed E-state index contributed by atoms with van der Waals surface area (Å²) in [6.07, 6.45) is 0. The van der Waals surface area contributed by atoms with E-state index in [1.54, 1.807) is 11.8 Å². The number of aliphatic hydroxyl groups is 2. The molecule has 0 saturated carbocycles. The van der Waals surface area contributed by atoms with Gasteiger partial charge in [-0.05, 0) is 12.1 Å². The molecule has 1 aromatic heterocycles. The van der Waals surface area contributed by atoms with Gasteiger partial charge >= 0.3 is 0 Å². The Morgan fingerprint density at radius 3 is 2.72 bits per heavy atom. The highest BCUT2D eigenvalue weighted by Gasteiger charge is 2.17. The summed E-state index contributed by atoms with van der Waals surface area (Å²) < 4.78 is 6.85. The normalized spacial score (nSPS) is 10.6. The SMILES string of the molecule is COc1ccccc1-c1c(CO)nnn1CCO. The van der Waals surface area contributed by atoms with Crippen LogP contribution in [0, 0.1) is 0 Å². The number of aromatic nitrogens is 3. The third-order valence-electron chi connectivity index (χ3n) is 2.63. The lowest BCUT2D eigenvalue weighted by molar-refractivity contribution is 0.268. The maximum atomic E-state index is 9.31. The van der Waals surface area contributed by atoms with Gasteiger partial charge in [0.15, 0.2) is 0 Å². The highest BCUT2D eigenvalue weighted by atomic mass is 16.5. The maximum Gasteiger partial charge on any atom is 0.128 e. The van der Waals surface area contributed by atoms with Crippen LogP contribution in [0.2, 0.25) is 0 Å². The summed E-state index contributed by atoms with van der Waals surface area (Å²) in [5, 5.41) is 26.1. The molecule has 6 heteroatoms. The summed E-state index contributed by atoms with van der Waals surface area (Å²) in [6, 6.07) is 7.42. The minimum absolute atomic E-state index is 0.0453. The van der Waals surface area contributed by atoms with Gasteiger partial charge in [-0.15, -0.1) is 5.10 Å². The number of aliphatic hydroxyl groups excluding tert-OH is 2. The third kappa shape index (κ3) is 2.20. The van der Waals surface area contributed by atoms with E-state index in [1.807, 2.05) is 24.3 Å². The van der Waals surface area contributed by atoms with Crippen LogP contribution in [0.25, 0.3) is 11.3 Å². The molecule has 1 heterocycles. The summed E-state index contributed by atoms with van der Waals surface area (Å²) >= 11 is 0. The van der Waals surface area contributed by atoms with Crippen molar-refractivity contribution >= 4 is 0 Å². The van der Waals surface area contributed by atoms with Crippen molar-refractivity contribution in [3.8, 4) is 17.0 Å². The predicted molar refractivity (Wildman–Crippen MR) is 65.0 cm³/mol. The molecule has 0 aliphatic heterocycles. The molecule has 0 fully saturated rings. The van der Waals surface area contributed by atoms with Crippen LogP contribution in [-0.4, -0.2) is 38.9 Å². The van der Waals surface area contributed by atoms with E-state index in [0.29, 0.717) is 23.7 Å². The van der Waals surface area contributed by atoms with E-state index in [1.165, 1.54) is 0 Å². The van der Waals surface area contributed by atoms with E-state index in [-0.39, 0.29) is 13.2 Å². The molecule has 0 aliphatic carbocycles. The van der Waals surface area contributed by atoms with Crippen LogP contribution in [0.15, 0.2) is 24.3 Å². The molecule has 18 heavy (non-hydrogen) atoms. The average Bonchev–Trinajstić information content (AvgIpc) is 2.82. The molecule has 0 spiro atoms. The molecule has 0 radical (unpaired) electrons. The first-order valence-corrected chi connectivity index (χ1v) is 5.59. The standard InChI is InChI=1S/C12H15N3O3/c1-18-11-5-3-2-4-9(11)12-10(8-17)13-14-15(12)6-7-16/h2-5,16-17H,6-8H2,1H3. The molecule has 0 amide bonds. The van der Waals surface area contributed by atoms with Crippen molar-refractivity contribution in [1.82, 2.24) is 15.0 Å². The van der Waals surface area contributed by atoms with E-state index < -0.39 is 0 Å². The number of rotatable bonds is 5. The van der Waals surface area contributed by atoms with Crippen LogP contribution in [0.5, 0.6) is 5.75 Å². The Hall–Kier alpha value is -1.92. The van der Waals surface area contributed by atoms with E-state index >= 15 is 0 Å². The van der Waals surface area contributed by atoms with Crippen LogP contribution in [0.1, 0.15) is 5.69 Å². The van der Waals surface area contributed by atoms with Gasteiger partial charge in [0.2, 0.25) is 0 Å². The van der Waals surface area contributed by atoms with Gasteiger partial charge in [-0.2, -0.15) is 0 Å². The number of para-hydroxylation sites is 1. The summed E-state index contributed by atoms with van der Waals surface area (Å²) in [5.74, 6) is 0.675. The van der Waals surface area contributed by atoms with Gasteiger partial charge in [0.1, 0.15) is 11.4 Å². The summed E-state index contributed by atoms with van der Waals surface area (Å²) in [7, 11) is 1.58. The Balaban J connectivity index is 2.57. The quantitative estimate of drug-likeness (QED) is 0.803. The Kier molecular flexibility index (Phi) is 3.91. The van der Waals surface area contributed by atoms with E-state index in [4.69, 9.17) is 9.84 Å². The summed E-state index contributed by atoms with van der Waals surface area (Å²) in [5.41, 5.74) is 1.93. The van der Waals surface area contributed by atoms with E-state index in [2.05, 4.69) is 10.3 Å². The third-order valence-corrected chi connectivity index (χ3v) is 2.63. The van der Waals surface area contributed by atoms with Crippen molar-refractivity contribution in [2.45, 2.75) is 13.2 Å². The molecular weight excluding hydrogens is 234 g/mol. The molecule has 2 N–H and O–H groups in total. The second-order valence-electron chi connectivity index (χ2n) is 3.69. The van der Waals surface area contributed by atoms with E-state index in [9.17, 15) is 5.11 Å². The fourth-order valence-electron chi connectivity index (χ4n) is 1.84. The highest BCUT2D eigenvalue weighted by Crippen LogP contribution is 2.31. The van der Waals surface area contributed by atoms with Crippen molar-refractivity contribution in [2.75, 3.05) is 13.7 Å². The van der Waals surface area contributed by atoms with Crippen LogP contribution in [0.3, 0.4) is 0 Å².